The second-order valence-electron chi connectivity index (χ2n) is 7.26. The third-order valence-corrected chi connectivity index (χ3v) is 5.29. The monoisotopic (exact) mass is 425 g/mol. The van der Waals surface area contributed by atoms with Gasteiger partial charge in [0.25, 0.3) is 11.5 Å². The van der Waals surface area contributed by atoms with Crippen LogP contribution in [0.5, 0.6) is 0 Å². The topological polar surface area (TPSA) is 105 Å². The van der Waals surface area contributed by atoms with Crippen molar-refractivity contribution < 1.29 is 4.79 Å². The Labute approximate surface area is 180 Å². The van der Waals surface area contributed by atoms with E-state index in [2.05, 4.69) is 25.9 Å². The molecule has 7 nitrogen and oxygen atoms in total. The maximum absolute atomic E-state index is 12.1. The first-order valence-electron chi connectivity index (χ1n) is 9.72. The first-order valence-corrected chi connectivity index (χ1v) is 9.72. The Balaban J connectivity index is 0.00000256. The number of hydrogen-bond acceptors (Lipinski definition) is 5. The number of carbonyl (C=O) groups excluding carboxylic acids is 1. The van der Waals surface area contributed by atoms with Crippen molar-refractivity contribution in [1.29, 1.82) is 0 Å². The summed E-state index contributed by atoms with van der Waals surface area (Å²) in [7, 11) is 0. The van der Waals surface area contributed by atoms with Crippen LogP contribution in [-0.4, -0.2) is 38.8 Å². The largest absolute Gasteiger partial charge is 0.364 e. The second kappa shape index (κ2) is 9.19. The molecule has 8 heteroatoms. The Kier molecular flexibility index (Phi) is 6.64. The van der Waals surface area contributed by atoms with Crippen LogP contribution in [0.3, 0.4) is 0 Å². The second-order valence-corrected chi connectivity index (χ2v) is 7.26. The van der Waals surface area contributed by atoms with Gasteiger partial charge in [0, 0.05) is 37.6 Å². The molecule has 0 radical (unpaired) electrons. The molecule has 30 heavy (non-hydrogen) atoms. The van der Waals surface area contributed by atoms with E-state index in [0.717, 1.165) is 53.8 Å². The van der Waals surface area contributed by atoms with Crippen LogP contribution in [0, 0.1) is 0 Å². The Morgan fingerprint density at radius 1 is 1.23 bits per heavy atom. The standard InChI is InChI=1S/C22H23N5O2.ClH/c1-2-15-10-19-20(26-22(15)29)9-14(11-24-19)13-27-7-5-16(6-8-27)17-3-4-18(21(23)28)25-12-17;/h3-5,9-12H,2,6-8,13H2,1H3,(H2,23,28)(H,26,29);1H. The molecule has 0 atom stereocenters. The van der Waals surface area contributed by atoms with Gasteiger partial charge in [-0.1, -0.05) is 19.1 Å². The number of rotatable bonds is 5. The highest BCUT2D eigenvalue weighted by atomic mass is 35.5. The van der Waals surface area contributed by atoms with Gasteiger partial charge in [0.15, 0.2) is 0 Å². The Morgan fingerprint density at radius 3 is 2.70 bits per heavy atom. The molecule has 0 aromatic carbocycles. The summed E-state index contributed by atoms with van der Waals surface area (Å²) in [6.45, 7) is 4.46. The van der Waals surface area contributed by atoms with Gasteiger partial charge >= 0.3 is 0 Å². The molecule has 156 valence electrons. The van der Waals surface area contributed by atoms with Crippen molar-refractivity contribution in [1.82, 2.24) is 19.9 Å². The van der Waals surface area contributed by atoms with Crippen LogP contribution in [0.4, 0.5) is 0 Å². The number of amides is 1. The number of nitrogens with zero attached hydrogens (tertiary/aromatic N) is 3. The number of nitrogens with two attached hydrogens (primary N) is 1. The molecular formula is C22H24ClN5O2. The molecule has 0 spiro atoms. The first kappa shape index (κ1) is 21.7. The fourth-order valence-electron chi connectivity index (χ4n) is 3.62. The number of aryl methyl sites for hydroxylation is 1. The van der Waals surface area contributed by atoms with Crippen molar-refractivity contribution in [3.63, 3.8) is 0 Å². The molecule has 0 fully saturated rings. The summed E-state index contributed by atoms with van der Waals surface area (Å²) in [6.07, 6.45) is 7.36. The summed E-state index contributed by atoms with van der Waals surface area (Å²) in [4.78, 5) is 37.1. The van der Waals surface area contributed by atoms with Gasteiger partial charge in [-0.2, -0.15) is 0 Å². The third kappa shape index (κ3) is 4.58. The van der Waals surface area contributed by atoms with E-state index >= 15 is 0 Å². The zero-order valence-electron chi connectivity index (χ0n) is 16.7. The summed E-state index contributed by atoms with van der Waals surface area (Å²) in [6, 6.07) is 7.43. The van der Waals surface area contributed by atoms with Crippen LogP contribution in [-0.2, 0) is 13.0 Å². The SMILES string of the molecule is CCc1cc2ncc(CN3CC=C(c4ccc(C(N)=O)nc4)CC3)cc2[nH]c1=O.Cl. The molecule has 3 aromatic rings. The lowest BCUT2D eigenvalue weighted by molar-refractivity contribution is 0.0995. The van der Waals surface area contributed by atoms with E-state index in [1.165, 1.54) is 5.57 Å². The zero-order valence-corrected chi connectivity index (χ0v) is 17.5. The van der Waals surface area contributed by atoms with Crippen LogP contribution < -0.4 is 11.3 Å². The van der Waals surface area contributed by atoms with Gasteiger partial charge in [-0.05, 0) is 47.7 Å². The Hall–Kier alpha value is -3.03. The van der Waals surface area contributed by atoms with Crippen molar-refractivity contribution in [2.45, 2.75) is 26.3 Å². The molecule has 0 unspecified atom stereocenters. The molecule has 4 heterocycles. The van der Waals surface area contributed by atoms with E-state index in [1.807, 2.05) is 31.3 Å². The van der Waals surface area contributed by atoms with Gasteiger partial charge in [0.1, 0.15) is 5.69 Å². The van der Waals surface area contributed by atoms with E-state index in [9.17, 15) is 9.59 Å². The minimum Gasteiger partial charge on any atom is -0.364 e. The number of pyridine rings is 3. The normalized spacial score (nSPS) is 14.2. The number of primary amides is 1. The maximum Gasteiger partial charge on any atom is 0.267 e. The quantitative estimate of drug-likeness (QED) is 0.653. The average Bonchev–Trinajstić information content (AvgIpc) is 2.74. The smallest absolute Gasteiger partial charge is 0.267 e. The molecule has 0 saturated carbocycles. The molecule has 3 N–H and O–H groups in total. The number of H-pyrrole nitrogens is 1. The molecule has 0 bridgehead atoms. The van der Waals surface area contributed by atoms with Gasteiger partial charge in [-0.15, -0.1) is 12.4 Å². The molecular weight excluding hydrogens is 402 g/mol. The first-order chi connectivity index (χ1) is 14.0. The van der Waals surface area contributed by atoms with Crippen molar-refractivity contribution in [2.75, 3.05) is 13.1 Å². The molecule has 0 saturated heterocycles. The number of aromatic nitrogens is 3. The minimum atomic E-state index is -0.517. The van der Waals surface area contributed by atoms with Gasteiger partial charge in [-0.25, -0.2) is 0 Å². The van der Waals surface area contributed by atoms with E-state index in [-0.39, 0.29) is 23.7 Å². The fraction of sp³-hybridized carbons (Fsp3) is 0.273. The number of hydrogen-bond donors (Lipinski definition) is 2. The molecule has 1 amide bonds. The van der Waals surface area contributed by atoms with E-state index in [1.54, 1.807) is 12.3 Å². The van der Waals surface area contributed by atoms with Crippen molar-refractivity contribution in [2.24, 2.45) is 5.73 Å². The molecule has 4 rings (SSSR count). The summed E-state index contributed by atoms with van der Waals surface area (Å²) in [5.74, 6) is -0.517. The van der Waals surface area contributed by atoms with Crippen LogP contribution >= 0.6 is 12.4 Å². The van der Waals surface area contributed by atoms with Gasteiger partial charge in [0.2, 0.25) is 0 Å². The van der Waals surface area contributed by atoms with Gasteiger partial charge < -0.3 is 10.7 Å². The lowest BCUT2D eigenvalue weighted by Gasteiger charge is -2.26. The molecule has 0 aliphatic carbocycles. The average molecular weight is 426 g/mol. The van der Waals surface area contributed by atoms with Crippen LogP contribution in [0.2, 0.25) is 0 Å². The number of carbonyl (C=O) groups is 1. The highest BCUT2D eigenvalue weighted by Gasteiger charge is 2.15. The predicted molar refractivity (Wildman–Crippen MR) is 120 cm³/mol. The minimum absolute atomic E-state index is 0. The van der Waals surface area contributed by atoms with Crippen molar-refractivity contribution >= 4 is 34.9 Å². The summed E-state index contributed by atoms with van der Waals surface area (Å²) < 4.78 is 0. The lowest BCUT2D eigenvalue weighted by Crippen LogP contribution is -2.28. The van der Waals surface area contributed by atoms with E-state index < -0.39 is 5.91 Å². The third-order valence-electron chi connectivity index (χ3n) is 5.29. The van der Waals surface area contributed by atoms with Crippen molar-refractivity contribution in [3.05, 3.63) is 75.5 Å². The Morgan fingerprint density at radius 2 is 2.07 bits per heavy atom. The number of halogens is 1. The zero-order chi connectivity index (χ0) is 20.4. The van der Waals surface area contributed by atoms with E-state index in [4.69, 9.17) is 5.73 Å². The van der Waals surface area contributed by atoms with Crippen LogP contribution in [0.1, 0.15) is 40.5 Å². The van der Waals surface area contributed by atoms with Gasteiger partial charge in [0.05, 0.1) is 11.0 Å². The molecule has 1 aliphatic rings. The van der Waals surface area contributed by atoms with Crippen molar-refractivity contribution in [3.8, 4) is 0 Å². The summed E-state index contributed by atoms with van der Waals surface area (Å²) >= 11 is 0. The Bertz CT molecular complexity index is 1150. The van der Waals surface area contributed by atoms with Crippen LogP contribution in [0.25, 0.3) is 16.6 Å². The molecule has 1 aliphatic heterocycles. The molecule has 3 aromatic heterocycles. The highest BCUT2D eigenvalue weighted by Crippen LogP contribution is 2.23. The number of aromatic amines is 1. The lowest BCUT2D eigenvalue weighted by atomic mass is 10.0. The predicted octanol–water partition coefficient (Wildman–Crippen LogP) is 2.69. The van der Waals surface area contributed by atoms with Crippen LogP contribution in [0.15, 0.2) is 47.5 Å². The maximum atomic E-state index is 12.1. The fourth-order valence-corrected chi connectivity index (χ4v) is 3.62. The number of nitrogens with one attached hydrogen (secondary N) is 1. The summed E-state index contributed by atoms with van der Waals surface area (Å²) in [5, 5.41) is 0. The van der Waals surface area contributed by atoms with E-state index in [0.29, 0.717) is 6.42 Å². The van der Waals surface area contributed by atoms with Gasteiger partial charge in [-0.3, -0.25) is 24.5 Å². The highest BCUT2D eigenvalue weighted by molar-refractivity contribution is 5.90. The number of fused-ring (bicyclic) bond motifs is 1. The summed E-state index contributed by atoms with van der Waals surface area (Å²) in [5.41, 5.74) is 11.1.